The van der Waals surface area contributed by atoms with Crippen molar-refractivity contribution in [3.8, 4) is 0 Å². The molecule has 0 bridgehead atoms. The second-order valence-corrected chi connectivity index (χ2v) is 8.28. The summed E-state index contributed by atoms with van der Waals surface area (Å²) in [6.07, 6.45) is 2.45. The zero-order valence-electron chi connectivity index (χ0n) is 16.2. The minimum Gasteiger partial charge on any atom is -0.459 e. The van der Waals surface area contributed by atoms with E-state index in [-0.39, 0.29) is 18.6 Å². The highest BCUT2D eigenvalue weighted by atomic mass is 35.5. The number of benzene rings is 1. The Morgan fingerprint density at radius 2 is 2.03 bits per heavy atom. The molecular formula is C22H18ClN3O3S. The Bertz CT molecular complexity index is 1280. The second-order valence-electron chi connectivity index (χ2n) is 6.90. The number of carbonyl (C=O) groups excluding carboxylic acids is 1. The number of ether oxygens (including phenoxy) is 1. The van der Waals surface area contributed by atoms with Crippen LogP contribution in [0.2, 0.25) is 5.02 Å². The SMILES string of the molecule is Cc1ccc2nc(COC(=O)Cc3csc(Cc4cccc(Cl)c4)n3)cc(=O)n2c1. The first-order valence-electron chi connectivity index (χ1n) is 9.28. The van der Waals surface area contributed by atoms with Crippen molar-refractivity contribution in [3.05, 3.63) is 96.9 Å². The van der Waals surface area contributed by atoms with Crippen LogP contribution in [0.4, 0.5) is 0 Å². The van der Waals surface area contributed by atoms with Gasteiger partial charge >= 0.3 is 5.97 Å². The van der Waals surface area contributed by atoms with Crippen LogP contribution in [-0.4, -0.2) is 20.3 Å². The van der Waals surface area contributed by atoms with Gasteiger partial charge in [-0.2, -0.15) is 0 Å². The Kier molecular flexibility index (Phi) is 5.92. The van der Waals surface area contributed by atoms with Gasteiger partial charge in [-0.25, -0.2) is 9.97 Å². The molecule has 3 aromatic heterocycles. The molecule has 3 heterocycles. The highest BCUT2D eigenvalue weighted by Gasteiger charge is 2.11. The molecule has 0 radical (unpaired) electrons. The van der Waals surface area contributed by atoms with Gasteiger partial charge in [-0.15, -0.1) is 11.3 Å². The van der Waals surface area contributed by atoms with Crippen molar-refractivity contribution in [2.24, 2.45) is 0 Å². The molecule has 0 amide bonds. The summed E-state index contributed by atoms with van der Waals surface area (Å²) in [5.74, 6) is -0.416. The topological polar surface area (TPSA) is 73.6 Å². The Balaban J connectivity index is 1.36. The van der Waals surface area contributed by atoms with Gasteiger partial charge in [0.25, 0.3) is 5.56 Å². The van der Waals surface area contributed by atoms with E-state index in [4.69, 9.17) is 16.3 Å². The molecule has 4 aromatic rings. The standard InChI is InChI=1S/C22H18ClN3O3S/c1-14-5-6-19-24-17(9-21(27)26(19)11-14)12-29-22(28)10-18-13-30-20(25-18)8-15-3-2-4-16(23)7-15/h2-7,9,11,13H,8,10,12H2,1H3. The first-order chi connectivity index (χ1) is 14.5. The molecule has 0 aliphatic rings. The van der Waals surface area contributed by atoms with E-state index in [9.17, 15) is 9.59 Å². The number of halogens is 1. The zero-order valence-corrected chi connectivity index (χ0v) is 17.7. The maximum Gasteiger partial charge on any atom is 0.312 e. The molecule has 0 fully saturated rings. The minimum absolute atomic E-state index is 0.0576. The van der Waals surface area contributed by atoms with Gasteiger partial charge in [0.15, 0.2) is 0 Å². The summed E-state index contributed by atoms with van der Waals surface area (Å²) in [7, 11) is 0. The predicted molar refractivity (Wildman–Crippen MR) is 116 cm³/mol. The first-order valence-corrected chi connectivity index (χ1v) is 10.5. The summed E-state index contributed by atoms with van der Waals surface area (Å²) in [6.45, 7) is 1.85. The summed E-state index contributed by atoms with van der Waals surface area (Å²) in [5, 5.41) is 3.44. The third kappa shape index (κ3) is 4.93. The molecule has 0 saturated carbocycles. The fourth-order valence-corrected chi connectivity index (χ4v) is 4.06. The predicted octanol–water partition coefficient (Wildman–Crippen LogP) is 3.99. The van der Waals surface area contributed by atoms with Crippen LogP contribution >= 0.6 is 22.9 Å². The van der Waals surface area contributed by atoms with E-state index in [1.165, 1.54) is 21.8 Å². The van der Waals surface area contributed by atoms with Crippen LogP contribution in [0.25, 0.3) is 5.65 Å². The Labute approximate surface area is 181 Å². The van der Waals surface area contributed by atoms with E-state index >= 15 is 0 Å². The monoisotopic (exact) mass is 439 g/mol. The largest absolute Gasteiger partial charge is 0.459 e. The zero-order chi connectivity index (χ0) is 21.1. The average molecular weight is 440 g/mol. The number of rotatable bonds is 6. The maximum atomic E-state index is 12.2. The van der Waals surface area contributed by atoms with Crippen molar-refractivity contribution in [1.82, 2.24) is 14.4 Å². The van der Waals surface area contributed by atoms with Gasteiger partial charge in [0.1, 0.15) is 12.3 Å². The molecule has 0 aliphatic heterocycles. The van der Waals surface area contributed by atoms with Gasteiger partial charge in [0, 0.05) is 29.1 Å². The molecule has 8 heteroatoms. The van der Waals surface area contributed by atoms with E-state index in [1.54, 1.807) is 12.3 Å². The highest BCUT2D eigenvalue weighted by molar-refractivity contribution is 7.09. The van der Waals surface area contributed by atoms with Crippen molar-refractivity contribution in [3.63, 3.8) is 0 Å². The highest BCUT2D eigenvalue weighted by Crippen LogP contribution is 2.18. The Morgan fingerprint density at radius 3 is 2.87 bits per heavy atom. The summed E-state index contributed by atoms with van der Waals surface area (Å²) >= 11 is 7.51. The summed E-state index contributed by atoms with van der Waals surface area (Å²) < 4.78 is 6.77. The van der Waals surface area contributed by atoms with Crippen molar-refractivity contribution in [1.29, 1.82) is 0 Å². The summed E-state index contributed by atoms with van der Waals surface area (Å²) in [6, 6.07) is 12.6. The Morgan fingerprint density at radius 1 is 1.17 bits per heavy atom. The molecule has 0 aliphatic carbocycles. The lowest BCUT2D eigenvalue weighted by Crippen LogP contribution is -2.17. The van der Waals surface area contributed by atoms with Crippen LogP contribution in [0.15, 0.2) is 58.8 Å². The third-order valence-electron chi connectivity index (χ3n) is 4.41. The number of pyridine rings is 1. The molecule has 0 atom stereocenters. The number of hydrogen-bond donors (Lipinski definition) is 0. The number of aryl methyl sites for hydroxylation is 1. The molecule has 0 unspecified atom stereocenters. The molecule has 152 valence electrons. The normalized spacial score (nSPS) is 11.0. The van der Waals surface area contributed by atoms with E-state index in [0.29, 0.717) is 28.5 Å². The summed E-state index contributed by atoms with van der Waals surface area (Å²) in [5.41, 5.74) is 3.41. The van der Waals surface area contributed by atoms with Crippen molar-refractivity contribution >= 4 is 34.6 Å². The lowest BCUT2D eigenvalue weighted by atomic mass is 10.2. The lowest BCUT2D eigenvalue weighted by molar-refractivity contribution is -0.144. The van der Waals surface area contributed by atoms with Gasteiger partial charge in [0.2, 0.25) is 0 Å². The van der Waals surface area contributed by atoms with Gasteiger partial charge in [-0.1, -0.05) is 29.8 Å². The molecular weight excluding hydrogens is 422 g/mol. The van der Waals surface area contributed by atoms with Crippen LogP contribution in [0.3, 0.4) is 0 Å². The Hall–Kier alpha value is -3.03. The van der Waals surface area contributed by atoms with Crippen LogP contribution in [0, 0.1) is 6.92 Å². The van der Waals surface area contributed by atoms with Gasteiger partial charge in [0.05, 0.1) is 22.8 Å². The average Bonchev–Trinajstić information content (AvgIpc) is 3.13. The second kappa shape index (κ2) is 8.77. The smallest absolute Gasteiger partial charge is 0.312 e. The van der Waals surface area contributed by atoms with Gasteiger partial charge in [-0.05, 0) is 36.2 Å². The van der Waals surface area contributed by atoms with Crippen molar-refractivity contribution < 1.29 is 9.53 Å². The fourth-order valence-electron chi connectivity index (χ4n) is 3.02. The molecule has 0 N–H and O–H groups in total. The number of carbonyl (C=O) groups is 1. The number of thiazole rings is 1. The quantitative estimate of drug-likeness (QED) is 0.425. The van der Waals surface area contributed by atoms with Gasteiger partial charge in [-0.3, -0.25) is 14.0 Å². The lowest BCUT2D eigenvalue weighted by Gasteiger charge is -2.06. The molecule has 30 heavy (non-hydrogen) atoms. The van der Waals surface area contributed by atoms with Crippen LogP contribution < -0.4 is 5.56 Å². The van der Waals surface area contributed by atoms with Crippen LogP contribution in [0.5, 0.6) is 0 Å². The number of hydrogen-bond acceptors (Lipinski definition) is 6. The van der Waals surface area contributed by atoms with E-state index in [2.05, 4.69) is 9.97 Å². The summed E-state index contributed by atoms with van der Waals surface area (Å²) in [4.78, 5) is 33.3. The molecule has 1 aromatic carbocycles. The van der Waals surface area contributed by atoms with Crippen LogP contribution in [0.1, 0.15) is 27.5 Å². The first kappa shape index (κ1) is 20.3. The van der Waals surface area contributed by atoms with E-state index < -0.39 is 5.97 Å². The van der Waals surface area contributed by atoms with Crippen molar-refractivity contribution in [2.45, 2.75) is 26.4 Å². The van der Waals surface area contributed by atoms with Crippen LogP contribution in [-0.2, 0) is 29.0 Å². The number of esters is 1. The number of nitrogens with zero attached hydrogens (tertiary/aromatic N) is 3. The molecule has 0 spiro atoms. The number of aromatic nitrogens is 3. The van der Waals surface area contributed by atoms with E-state index in [0.717, 1.165) is 16.1 Å². The van der Waals surface area contributed by atoms with E-state index in [1.807, 2.05) is 42.6 Å². The third-order valence-corrected chi connectivity index (χ3v) is 5.54. The minimum atomic E-state index is -0.416. The van der Waals surface area contributed by atoms with Gasteiger partial charge < -0.3 is 4.74 Å². The fraction of sp³-hybridized carbons (Fsp3) is 0.182. The molecule has 6 nitrogen and oxygen atoms in total. The maximum absolute atomic E-state index is 12.2. The molecule has 0 saturated heterocycles. The number of fused-ring (bicyclic) bond motifs is 1. The molecule has 4 rings (SSSR count). The van der Waals surface area contributed by atoms with Crippen molar-refractivity contribution in [2.75, 3.05) is 0 Å².